The van der Waals surface area contributed by atoms with Gasteiger partial charge in [-0.3, -0.25) is 14.8 Å². The molecule has 3 aromatic rings. The lowest BCUT2D eigenvalue weighted by Gasteiger charge is -2.18. The third-order valence-electron chi connectivity index (χ3n) is 5.65. The molecule has 2 aromatic heterocycles. The Morgan fingerprint density at radius 3 is 2.50 bits per heavy atom. The van der Waals surface area contributed by atoms with Gasteiger partial charge in [0.25, 0.3) is 5.91 Å². The van der Waals surface area contributed by atoms with Gasteiger partial charge in [0, 0.05) is 42.6 Å². The van der Waals surface area contributed by atoms with Crippen molar-refractivity contribution >= 4 is 22.4 Å². The van der Waals surface area contributed by atoms with Gasteiger partial charge in [-0.05, 0) is 86.2 Å². The highest BCUT2D eigenvalue weighted by molar-refractivity contribution is 5.95. The zero-order chi connectivity index (χ0) is 25.0. The normalized spacial score (nSPS) is 11.2. The summed E-state index contributed by atoms with van der Waals surface area (Å²) in [4.78, 5) is 23.4. The predicted octanol–water partition coefficient (Wildman–Crippen LogP) is 5.86. The van der Waals surface area contributed by atoms with Gasteiger partial charge in [-0.25, -0.2) is 0 Å². The molecule has 172 valence electrons. The van der Waals surface area contributed by atoms with E-state index in [-0.39, 0.29) is 5.91 Å². The summed E-state index contributed by atoms with van der Waals surface area (Å²) in [5.74, 6) is -0.146. The van der Waals surface area contributed by atoms with Crippen LogP contribution >= 0.6 is 0 Å². The van der Waals surface area contributed by atoms with Gasteiger partial charge in [-0.1, -0.05) is 24.8 Å². The minimum absolute atomic E-state index is 0.146. The number of pyridine rings is 2. The van der Waals surface area contributed by atoms with Crippen molar-refractivity contribution in [1.82, 2.24) is 14.9 Å². The minimum Gasteiger partial charge on any atom is -0.337 e. The highest BCUT2D eigenvalue weighted by atomic mass is 16.2. The Bertz CT molecular complexity index is 1370. The molecular formula is C29H30N4O. The van der Waals surface area contributed by atoms with E-state index >= 15 is 0 Å². The number of hydrogen-bond acceptors (Lipinski definition) is 4. The van der Waals surface area contributed by atoms with Crippen LogP contribution in [0.1, 0.15) is 47.4 Å². The van der Waals surface area contributed by atoms with Crippen LogP contribution in [0.15, 0.2) is 67.0 Å². The van der Waals surface area contributed by atoms with E-state index in [0.717, 1.165) is 44.5 Å². The summed E-state index contributed by atoms with van der Waals surface area (Å²) in [5, 5.41) is 10.5. The number of fused-ring (bicyclic) bond motifs is 1. The summed E-state index contributed by atoms with van der Waals surface area (Å²) in [6.07, 6.45) is 5.99. The number of nitrogens with zero attached hydrogens (tertiary/aromatic N) is 4. The summed E-state index contributed by atoms with van der Waals surface area (Å²) < 4.78 is 0. The van der Waals surface area contributed by atoms with E-state index in [1.165, 1.54) is 0 Å². The van der Waals surface area contributed by atoms with Crippen molar-refractivity contribution in [3.63, 3.8) is 0 Å². The maximum Gasteiger partial charge on any atom is 0.253 e. The molecule has 1 aromatic carbocycles. The third kappa shape index (κ3) is 5.65. The van der Waals surface area contributed by atoms with Gasteiger partial charge in [-0.15, -0.1) is 0 Å². The van der Waals surface area contributed by atoms with Crippen LogP contribution in [-0.4, -0.2) is 27.8 Å². The summed E-state index contributed by atoms with van der Waals surface area (Å²) >= 11 is 0. The fraction of sp³-hybridized carbons (Fsp3) is 0.241. The van der Waals surface area contributed by atoms with E-state index in [1.54, 1.807) is 24.3 Å². The molecule has 0 radical (unpaired) electrons. The highest BCUT2D eigenvalue weighted by Crippen LogP contribution is 2.22. The first kappa shape index (κ1) is 24.6. The maximum atomic E-state index is 12.9. The molecule has 0 saturated heterocycles. The molecule has 0 fully saturated rings. The average Bonchev–Trinajstić information content (AvgIpc) is 2.78. The number of carbonyl (C=O) groups is 1. The molecule has 0 N–H and O–H groups in total. The zero-order valence-electron chi connectivity index (χ0n) is 20.6. The second kappa shape index (κ2) is 10.3. The molecule has 34 heavy (non-hydrogen) atoms. The lowest BCUT2D eigenvalue weighted by atomic mass is 9.99. The molecule has 0 aliphatic rings. The topological polar surface area (TPSA) is 69.9 Å². The largest absolute Gasteiger partial charge is 0.337 e. The van der Waals surface area contributed by atoms with Gasteiger partial charge < -0.3 is 4.90 Å². The number of aryl methyl sites for hydroxylation is 2. The van der Waals surface area contributed by atoms with Crippen LogP contribution in [0.4, 0.5) is 0 Å². The standard InChI is InChI=1S/C29H30N4O/c1-18(2)27-13-24(16-31-22(27)6)17-33(7)29(34)21(5)8-19(3)9-23-11-25-10-20(4)15-32-28(25)26(12-23)14-30/h8,10-13,15-16H,1,5,9,17H2,2-4,6-7H3/b19-8+. The fourth-order valence-electron chi connectivity index (χ4n) is 4.03. The van der Waals surface area contributed by atoms with E-state index in [0.29, 0.717) is 29.6 Å². The van der Waals surface area contributed by atoms with Crippen molar-refractivity contribution in [2.45, 2.75) is 40.7 Å². The van der Waals surface area contributed by atoms with Gasteiger partial charge in [0.1, 0.15) is 6.07 Å². The first-order chi connectivity index (χ1) is 16.1. The highest BCUT2D eigenvalue weighted by Gasteiger charge is 2.14. The average molecular weight is 451 g/mol. The molecule has 0 aliphatic carbocycles. The molecule has 0 spiro atoms. The van der Waals surface area contributed by atoms with E-state index in [9.17, 15) is 10.1 Å². The molecule has 0 saturated carbocycles. The molecule has 5 nitrogen and oxygen atoms in total. The van der Waals surface area contributed by atoms with Gasteiger partial charge in [-0.2, -0.15) is 5.26 Å². The Labute approximate surface area is 201 Å². The second-order valence-electron chi connectivity index (χ2n) is 8.95. The molecular weight excluding hydrogens is 420 g/mol. The van der Waals surface area contributed by atoms with Crippen molar-refractivity contribution in [2.24, 2.45) is 0 Å². The van der Waals surface area contributed by atoms with Crippen molar-refractivity contribution in [2.75, 3.05) is 7.05 Å². The molecule has 0 unspecified atom stereocenters. The summed E-state index contributed by atoms with van der Waals surface area (Å²) in [5.41, 5.74) is 8.52. The van der Waals surface area contributed by atoms with E-state index in [2.05, 4.69) is 29.2 Å². The molecule has 5 heteroatoms. The number of benzene rings is 1. The summed E-state index contributed by atoms with van der Waals surface area (Å²) in [7, 11) is 1.76. The number of carbonyl (C=O) groups excluding carboxylic acids is 1. The van der Waals surface area contributed by atoms with Crippen LogP contribution in [0.3, 0.4) is 0 Å². The third-order valence-corrected chi connectivity index (χ3v) is 5.65. The van der Waals surface area contributed by atoms with E-state index < -0.39 is 0 Å². The number of nitriles is 1. The van der Waals surface area contributed by atoms with Crippen molar-refractivity contribution in [3.05, 3.63) is 101 Å². The molecule has 0 bridgehead atoms. The quantitative estimate of drug-likeness (QED) is 0.334. The van der Waals surface area contributed by atoms with Crippen LogP contribution in [0.2, 0.25) is 0 Å². The number of rotatable bonds is 7. The number of aromatic nitrogens is 2. The Hall–Kier alpha value is -4.04. The maximum absolute atomic E-state index is 12.9. The monoisotopic (exact) mass is 450 g/mol. The Morgan fingerprint density at radius 2 is 1.82 bits per heavy atom. The lowest BCUT2D eigenvalue weighted by Crippen LogP contribution is -2.27. The van der Waals surface area contributed by atoms with Gasteiger partial charge >= 0.3 is 0 Å². The summed E-state index contributed by atoms with van der Waals surface area (Å²) in [6.45, 7) is 16.3. The minimum atomic E-state index is -0.146. The number of amides is 1. The van der Waals surface area contributed by atoms with Crippen LogP contribution in [0.5, 0.6) is 0 Å². The molecule has 3 rings (SSSR count). The zero-order valence-corrected chi connectivity index (χ0v) is 20.6. The number of likely N-dealkylation sites (N-methyl/N-ethyl adjacent to an activating group) is 1. The van der Waals surface area contributed by atoms with Gasteiger partial charge in [0.05, 0.1) is 11.1 Å². The first-order valence-corrected chi connectivity index (χ1v) is 11.1. The Morgan fingerprint density at radius 1 is 1.09 bits per heavy atom. The van der Waals surface area contributed by atoms with Gasteiger partial charge in [0.15, 0.2) is 0 Å². The van der Waals surface area contributed by atoms with Crippen molar-refractivity contribution in [1.29, 1.82) is 5.26 Å². The Kier molecular flexibility index (Phi) is 7.43. The smallest absolute Gasteiger partial charge is 0.253 e. The number of hydrogen-bond donors (Lipinski definition) is 0. The lowest BCUT2D eigenvalue weighted by molar-refractivity contribution is -0.126. The molecule has 0 aliphatic heterocycles. The van der Waals surface area contributed by atoms with Crippen molar-refractivity contribution < 1.29 is 4.79 Å². The van der Waals surface area contributed by atoms with Crippen molar-refractivity contribution in [3.8, 4) is 6.07 Å². The predicted molar refractivity (Wildman–Crippen MR) is 138 cm³/mol. The van der Waals surface area contributed by atoms with Crippen LogP contribution in [0, 0.1) is 25.2 Å². The van der Waals surface area contributed by atoms with Crippen LogP contribution in [-0.2, 0) is 17.8 Å². The first-order valence-electron chi connectivity index (χ1n) is 11.1. The molecule has 1 amide bonds. The van der Waals surface area contributed by atoms with Crippen LogP contribution in [0.25, 0.3) is 16.5 Å². The summed E-state index contributed by atoms with van der Waals surface area (Å²) in [6, 6.07) is 10.2. The van der Waals surface area contributed by atoms with E-state index in [1.807, 2.05) is 58.0 Å². The van der Waals surface area contributed by atoms with Crippen LogP contribution < -0.4 is 0 Å². The van der Waals surface area contributed by atoms with Gasteiger partial charge in [0.2, 0.25) is 0 Å². The molecule has 0 atom stereocenters. The van der Waals surface area contributed by atoms with E-state index in [4.69, 9.17) is 0 Å². The second-order valence-corrected chi connectivity index (χ2v) is 8.95. The molecule has 2 heterocycles. The number of allylic oxidation sites excluding steroid dienone is 2. The fourth-order valence-corrected chi connectivity index (χ4v) is 4.03. The Balaban J connectivity index is 1.74. The SMILES string of the molecule is C=C(/C=C(\C)Cc1cc(C#N)c2ncc(C)cc2c1)C(=O)N(C)Cc1cnc(C)c(C(=C)C)c1.